The van der Waals surface area contributed by atoms with E-state index in [9.17, 15) is 9.59 Å². The summed E-state index contributed by atoms with van der Waals surface area (Å²) in [5.74, 6) is -0.254. The Labute approximate surface area is 143 Å². The Hall–Kier alpha value is -2.05. The van der Waals surface area contributed by atoms with Crippen LogP contribution in [0.3, 0.4) is 0 Å². The second-order valence-electron chi connectivity index (χ2n) is 4.75. The van der Waals surface area contributed by atoms with Gasteiger partial charge in [0.1, 0.15) is 5.75 Å². The maximum atomic E-state index is 11.6. The van der Waals surface area contributed by atoms with Crippen LogP contribution in [0.4, 0.5) is 0 Å². The third kappa shape index (κ3) is 6.30. The smallest absolute Gasteiger partial charge is 0.276 e. The first-order chi connectivity index (χ1) is 11.1. The Morgan fingerprint density at radius 1 is 1.09 bits per heavy atom. The molecule has 23 heavy (non-hydrogen) atoms. The summed E-state index contributed by atoms with van der Waals surface area (Å²) in [4.78, 5) is 24.5. The van der Waals surface area contributed by atoms with Crippen LogP contribution in [0.25, 0.3) is 0 Å². The van der Waals surface area contributed by atoms with Gasteiger partial charge in [0.05, 0.1) is 5.02 Å². The van der Waals surface area contributed by atoms with Crippen molar-refractivity contribution in [3.63, 3.8) is 0 Å². The highest BCUT2D eigenvalue weighted by Crippen LogP contribution is 2.22. The second-order valence-corrected chi connectivity index (χ2v) is 6.19. The van der Waals surface area contributed by atoms with Crippen molar-refractivity contribution in [2.24, 2.45) is 0 Å². The fourth-order valence-electron chi connectivity index (χ4n) is 1.82. The quantitative estimate of drug-likeness (QED) is 0.753. The second kappa shape index (κ2) is 9.17. The average molecular weight is 353 g/mol. The SMILES string of the molecule is O=C(CCCc1cccs1)NNC(=O)COc1ccccc1Cl. The number of ether oxygens (including phenoxy) is 1. The minimum Gasteiger partial charge on any atom is -0.482 e. The number of para-hydroxylation sites is 1. The highest BCUT2D eigenvalue weighted by Gasteiger charge is 2.07. The van der Waals surface area contributed by atoms with Gasteiger partial charge in [0.15, 0.2) is 6.61 Å². The zero-order chi connectivity index (χ0) is 16.5. The average Bonchev–Trinajstić information content (AvgIpc) is 3.05. The molecule has 1 heterocycles. The van der Waals surface area contributed by atoms with Gasteiger partial charge >= 0.3 is 0 Å². The molecule has 0 saturated heterocycles. The molecular formula is C16H17ClN2O3S. The number of rotatable bonds is 7. The van der Waals surface area contributed by atoms with Crippen molar-refractivity contribution in [3.05, 3.63) is 51.7 Å². The molecule has 1 aromatic carbocycles. The summed E-state index contributed by atoms with van der Waals surface area (Å²) in [6.45, 7) is -0.223. The molecular weight excluding hydrogens is 336 g/mol. The highest BCUT2D eigenvalue weighted by molar-refractivity contribution is 7.09. The fraction of sp³-hybridized carbons (Fsp3) is 0.250. The zero-order valence-electron chi connectivity index (χ0n) is 12.4. The summed E-state index contributed by atoms with van der Waals surface area (Å²) in [5.41, 5.74) is 4.68. The fourth-order valence-corrected chi connectivity index (χ4v) is 2.76. The van der Waals surface area contributed by atoms with Crippen molar-refractivity contribution in [2.75, 3.05) is 6.61 Å². The molecule has 0 aliphatic carbocycles. The topological polar surface area (TPSA) is 67.4 Å². The van der Waals surface area contributed by atoms with Gasteiger partial charge in [-0.25, -0.2) is 0 Å². The van der Waals surface area contributed by atoms with Crippen LogP contribution in [-0.4, -0.2) is 18.4 Å². The summed E-state index contributed by atoms with van der Waals surface area (Å²) in [6.07, 6.45) is 1.94. The number of hydrogen-bond acceptors (Lipinski definition) is 4. The number of halogens is 1. The van der Waals surface area contributed by atoms with Crippen LogP contribution in [0.2, 0.25) is 5.02 Å². The number of carbonyl (C=O) groups is 2. The van der Waals surface area contributed by atoms with E-state index in [2.05, 4.69) is 10.9 Å². The monoisotopic (exact) mass is 352 g/mol. The number of aryl methyl sites for hydroxylation is 1. The Morgan fingerprint density at radius 3 is 2.61 bits per heavy atom. The van der Waals surface area contributed by atoms with E-state index in [1.807, 2.05) is 17.5 Å². The van der Waals surface area contributed by atoms with Gasteiger partial charge in [-0.05, 0) is 36.4 Å². The van der Waals surface area contributed by atoms with E-state index in [4.69, 9.17) is 16.3 Å². The number of amides is 2. The van der Waals surface area contributed by atoms with Gasteiger partial charge in [-0.2, -0.15) is 0 Å². The van der Waals surface area contributed by atoms with E-state index in [0.29, 0.717) is 17.2 Å². The van der Waals surface area contributed by atoms with Gasteiger partial charge in [-0.15, -0.1) is 11.3 Å². The van der Waals surface area contributed by atoms with Crippen LogP contribution in [0.1, 0.15) is 17.7 Å². The highest BCUT2D eigenvalue weighted by atomic mass is 35.5. The maximum Gasteiger partial charge on any atom is 0.276 e. The van der Waals surface area contributed by atoms with Crippen molar-refractivity contribution in [2.45, 2.75) is 19.3 Å². The molecule has 0 bridgehead atoms. The standard InChI is InChI=1S/C16H17ClN2O3S/c17-13-7-1-2-8-14(13)22-11-16(21)19-18-15(20)9-3-5-12-6-4-10-23-12/h1-2,4,6-8,10H,3,5,9,11H2,(H,18,20)(H,19,21). The maximum absolute atomic E-state index is 11.6. The number of carbonyl (C=O) groups excluding carboxylic acids is 2. The Morgan fingerprint density at radius 2 is 1.87 bits per heavy atom. The molecule has 1 aromatic heterocycles. The summed E-state index contributed by atoms with van der Waals surface area (Å²) in [5, 5.41) is 2.44. The van der Waals surface area contributed by atoms with Gasteiger partial charge < -0.3 is 4.74 Å². The number of nitrogens with one attached hydrogen (secondary N) is 2. The van der Waals surface area contributed by atoms with Gasteiger partial charge in [-0.1, -0.05) is 29.8 Å². The van der Waals surface area contributed by atoms with Gasteiger partial charge in [-0.3, -0.25) is 20.4 Å². The number of benzene rings is 1. The van der Waals surface area contributed by atoms with E-state index in [0.717, 1.165) is 12.8 Å². The molecule has 0 atom stereocenters. The third-order valence-electron chi connectivity index (χ3n) is 2.94. The molecule has 0 fully saturated rings. The van der Waals surface area contributed by atoms with E-state index >= 15 is 0 Å². The van der Waals surface area contributed by atoms with Crippen molar-refractivity contribution in [1.82, 2.24) is 10.9 Å². The summed E-state index contributed by atoms with van der Waals surface area (Å²) < 4.78 is 5.27. The van der Waals surface area contributed by atoms with Crippen LogP contribution in [-0.2, 0) is 16.0 Å². The molecule has 0 unspecified atom stereocenters. The lowest BCUT2D eigenvalue weighted by atomic mass is 10.2. The molecule has 2 amide bonds. The van der Waals surface area contributed by atoms with Crippen molar-refractivity contribution < 1.29 is 14.3 Å². The van der Waals surface area contributed by atoms with Crippen LogP contribution < -0.4 is 15.6 Å². The van der Waals surface area contributed by atoms with Crippen molar-refractivity contribution >= 4 is 34.8 Å². The summed E-state index contributed by atoms with van der Waals surface area (Å²) >= 11 is 7.58. The zero-order valence-corrected chi connectivity index (χ0v) is 14.0. The summed E-state index contributed by atoms with van der Waals surface area (Å²) in [7, 11) is 0. The first-order valence-electron chi connectivity index (χ1n) is 7.12. The van der Waals surface area contributed by atoms with Gasteiger partial charge in [0.2, 0.25) is 5.91 Å². The lowest BCUT2D eigenvalue weighted by molar-refractivity contribution is -0.130. The molecule has 0 radical (unpaired) electrons. The molecule has 0 aliphatic rings. The van der Waals surface area contributed by atoms with Crippen LogP contribution in [0.5, 0.6) is 5.75 Å². The van der Waals surface area contributed by atoms with Gasteiger partial charge in [0.25, 0.3) is 5.91 Å². The predicted octanol–water partition coefficient (Wildman–Crippen LogP) is 2.95. The van der Waals surface area contributed by atoms with Crippen molar-refractivity contribution in [3.8, 4) is 5.75 Å². The Balaban J connectivity index is 1.60. The van der Waals surface area contributed by atoms with Crippen molar-refractivity contribution in [1.29, 1.82) is 0 Å². The molecule has 122 valence electrons. The lowest BCUT2D eigenvalue weighted by Crippen LogP contribution is -2.43. The molecule has 2 N–H and O–H groups in total. The number of hydrogen-bond donors (Lipinski definition) is 2. The number of thiophene rings is 1. The van der Waals surface area contributed by atoms with E-state index in [1.165, 1.54) is 4.88 Å². The minimum atomic E-state index is -0.448. The Bertz CT molecular complexity index is 647. The third-order valence-corrected chi connectivity index (χ3v) is 4.19. The van der Waals surface area contributed by atoms with E-state index < -0.39 is 5.91 Å². The molecule has 7 heteroatoms. The molecule has 5 nitrogen and oxygen atoms in total. The normalized spacial score (nSPS) is 10.1. The first-order valence-corrected chi connectivity index (χ1v) is 8.38. The minimum absolute atomic E-state index is 0.223. The first kappa shape index (κ1) is 17.3. The molecule has 2 aromatic rings. The largest absolute Gasteiger partial charge is 0.482 e. The number of hydrazine groups is 1. The Kier molecular flexibility index (Phi) is 6.90. The predicted molar refractivity (Wildman–Crippen MR) is 90.5 cm³/mol. The molecule has 2 rings (SSSR count). The summed E-state index contributed by atoms with van der Waals surface area (Å²) in [6, 6.07) is 10.9. The molecule has 0 saturated carbocycles. The molecule has 0 spiro atoms. The lowest BCUT2D eigenvalue weighted by Gasteiger charge is -2.09. The van der Waals surface area contributed by atoms with Crippen LogP contribution >= 0.6 is 22.9 Å². The van der Waals surface area contributed by atoms with Crippen LogP contribution in [0.15, 0.2) is 41.8 Å². The van der Waals surface area contributed by atoms with E-state index in [1.54, 1.807) is 35.6 Å². The molecule has 0 aliphatic heterocycles. The van der Waals surface area contributed by atoms with Gasteiger partial charge in [0, 0.05) is 11.3 Å². The van der Waals surface area contributed by atoms with Crippen LogP contribution in [0, 0.1) is 0 Å². The van der Waals surface area contributed by atoms with E-state index in [-0.39, 0.29) is 12.5 Å².